The van der Waals surface area contributed by atoms with Gasteiger partial charge in [-0.3, -0.25) is 15.5 Å². The van der Waals surface area contributed by atoms with E-state index in [1.807, 2.05) is 10.9 Å². The highest BCUT2D eigenvalue weighted by atomic mass is 19.1. The normalized spacial score (nSPS) is 12.6. The molecular weight excluding hydrogens is 233 g/mol. The van der Waals surface area contributed by atoms with E-state index in [0.29, 0.717) is 5.69 Å². The Hall–Kier alpha value is -1.79. The summed E-state index contributed by atoms with van der Waals surface area (Å²) in [5, 5.41) is 4.24. The predicted octanol–water partition coefficient (Wildman–Crippen LogP) is 1.38. The number of aryl methyl sites for hydroxylation is 1. The number of hydrogen-bond donors (Lipinski definition) is 2. The summed E-state index contributed by atoms with van der Waals surface area (Å²) >= 11 is 0. The van der Waals surface area contributed by atoms with Crippen LogP contribution in [0, 0.1) is 5.82 Å². The second-order valence-electron chi connectivity index (χ2n) is 4.04. The van der Waals surface area contributed by atoms with E-state index in [2.05, 4.69) is 22.4 Å². The standard InChI is InChI=1S/C12H16FN5/c1-2-5-18-8-9(6-16-18)12(17-14)11-4-3-10(13)7-15-11/h3-4,6-8,12,17H,2,5,14H2,1H3. The van der Waals surface area contributed by atoms with Crippen molar-refractivity contribution in [1.82, 2.24) is 20.2 Å². The third kappa shape index (κ3) is 2.72. The molecule has 2 aromatic heterocycles. The van der Waals surface area contributed by atoms with E-state index in [0.717, 1.165) is 18.5 Å². The van der Waals surface area contributed by atoms with Crippen LogP contribution in [-0.4, -0.2) is 14.8 Å². The van der Waals surface area contributed by atoms with Crippen molar-refractivity contribution in [3.05, 3.63) is 47.8 Å². The van der Waals surface area contributed by atoms with E-state index < -0.39 is 0 Å². The van der Waals surface area contributed by atoms with Crippen LogP contribution in [0.15, 0.2) is 30.7 Å². The first-order valence-corrected chi connectivity index (χ1v) is 5.84. The zero-order valence-electron chi connectivity index (χ0n) is 10.2. The summed E-state index contributed by atoms with van der Waals surface area (Å²) in [7, 11) is 0. The molecule has 1 atom stereocenters. The summed E-state index contributed by atoms with van der Waals surface area (Å²) in [5.74, 6) is 5.17. The Bertz CT molecular complexity index is 493. The number of nitrogens with zero attached hydrogens (tertiary/aromatic N) is 3. The molecule has 96 valence electrons. The molecule has 0 bridgehead atoms. The molecule has 0 aliphatic rings. The zero-order chi connectivity index (χ0) is 13.0. The first kappa shape index (κ1) is 12.7. The highest BCUT2D eigenvalue weighted by Gasteiger charge is 2.15. The number of nitrogens with two attached hydrogens (primary N) is 1. The summed E-state index contributed by atoms with van der Waals surface area (Å²) in [4.78, 5) is 4.03. The number of nitrogens with one attached hydrogen (secondary N) is 1. The van der Waals surface area contributed by atoms with Gasteiger partial charge in [-0.2, -0.15) is 5.10 Å². The molecule has 0 aliphatic carbocycles. The highest BCUT2D eigenvalue weighted by molar-refractivity contribution is 5.23. The molecule has 6 heteroatoms. The molecule has 3 N–H and O–H groups in total. The van der Waals surface area contributed by atoms with Crippen molar-refractivity contribution in [3.63, 3.8) is 0 Å². The van der Waals surface area contributed by atoms with Gasteiger partial charge in [-0.05, 0) is 18.6 Å². The third-order valence-electron chi connectivity index (χ3n) is 2.65. The minimum absolute atomic E-state index is 0.281. The Morgan fingerprint density at radius 1 is 1.44 bits per heavy atom. The molecule has 0 fully saturated rings. The molecule has 2 aromatic rings. The molecule has 5 nitrogen and oxygen atoms in total. The van der Waals surface area contributed by atoms with Crippen molar-refractivity contribution in [2.45, 2.75) is 25.9 Å². The van der Waals surface area contributed by atoms with Crippen LogP contribution in [0.5, 0.6) is 0 Å². The minimum atomic E-state index is -0.365. The average molecular weight is 249 g/mol. The quantitative estimate of drug-likeness (QED) is 0.620. The van der Waals surface area contributed by atoms with Crippen LogP contribution >= 0.6 is 0 Å². The summed E-state index contributed by atoms with van der Waals surface area (Å²) in [6.07, 6.45) is 5.84. The molecule has 18 heavy (non-hydrogen) atoms. The highest BCUT2D eigenvalue weighted by Crippen LogP contribution is 2.19. The first-order chi connectivity index (χ1) is 8.74. The van der Waals surface area contributed by atoms with E-state index in [9.17, 15) is 4.39 Å². The van der Waals surface area contributed by atoms with Crippen LogP contribution in [-0.2, 0) is 6.54 Å². The smallest absolute Gasteiger partial charge is 0.141 e. The van der Waals surface area contributed by atoms with Gasteiger partial charge in [0.25, 0.3) is 0 Å². The Morgan fingerprint density at radius 3 is 2.89 bits per heavy atom. The van der Waals surface area contributed by atoms with Crippen molar-refractivity contribution in [2.75, 3.05) is 0 Å². The lowest BCUT2D eigenvalue weighted by atomic mass is 10.1. The van der Waals surface area contributed by atoms with Gasteiger partial charge in [-0.1, -0.05) is 6.92 Å². The maximum atomic E-state index is 12.8. The fourth-order valence-electron chi connectivity index (χ4n) is 1.79. The van der Waals surface area contributed by atoms with Crippen LogP contribution in [0.1, 0.15) is 30.6 Å². The largest absolute Gasteiger partial charge is 0.272 e. The lowest BCUT2D eigenvalue weighted by molar-refractivity contribution is 0.589. The molecule has 1 unspecified atom stereocenters. The number of aromatic nitrogens is 3. The van der Waals surface area contributed by atoms with Gasteiger partial charge >= 0.3 is 0 Å². The summed E-state index contributed by atoms with van der Waals surface area (Å²) in [6.45, 7) is 2.94. The van der Waals surface area contributed by atoms with Crippen LogP contribution in [0.25, 0.3) is 0 Å². The summed E-state index contributed by atoms with van der Waals surface area (Å²) in [5.41, 5.74) is 4.24. The lowest BCUT2D eigenvalue weighted by Gasteiger charge is -2.13. The lowest BCUT2D eigenvalue weighted by Crippen LogP contribution is -2.29. The van der Waals surface area contributed by atoms with Gasteiger partial charge in [0.2, 0.25) is 0 Å². The van der Waals surface area contributed by atoms with Crippen molar-refractivity contribution in [1.29, 1.82) is 0 Å². The molecule has 2 heterocycles. The van der Waals surface area contributed by atoms with Crippen LogP contribution in [0.2, 0.25) is 0 Å². The van der Waals surface area contributed by atoms with Crippen LogP contribution < -0.4 is 11.3 Å². The molecule has 0 spiro atoms. The molecule has 0 amide bonds. The monoisotopic (exact) mass is 249 g/mol. The summed E-state index contributed by atoms with van der Waals surface area (Å²) < 4.78 is 14.7. The summed E-state index contributed by atoms with van der Waals surface area (Å²) in [6, 6.07) is 2.69. The van der Waals surface area contributed by atoms with Crippen molar-refractivity contribution in [2.24, 2.45) is 5.84 Å². The molecule has 0 radical (unpaired) electrons. The Morgan fingerprint density at radius 2 is 2.28 bits per heavy atom. The van der Waals surface area contributed by atoms with E-state index in [1.54, 1.807) is 12.3 Å². The van der Waals surface area contributed by atoms with Gasteiger partial charge in [0.15, 0.2) is 0 Å². The number of hydrazine groups is 1. The van der Waals surface area contributed by atoms with E-state index in [4.69, 9.17) is 5.84 Å². The van der Waals surface area contributed by atoms with Crippen LogP contribution in [0.4, 0.5) is 4.39 Å². The first-order valence-electron chi connectivity index (χ1n) is 5.84. The second-order valence-corrected chi connectivity index (χ2v) is 4.04. The molecule has 0 saturated heterocycles. The van der Waals surface area contributed by atoms with Gasteiger partial charge in [0.05, 0.1) is 24.1 Å². The fourth-order valence-corrected chi connectivity index (χ4v) is 1.79. The minimum Gasteiger partial charge on any atom is -0.272 e. The van der Waals surface area contributed by atoms with Gasteiger partial charge < -0.3 is 0 Å². The second kappa shape index (κ2) is 5.70. The third-order valence-corrected chi connectivity index (χ3v) is 2.65. The van der Waals surface area contributed by atoms with Crippen LogP contribution in [0.3, 0.4) is 0 Å². The van der Waals surface area contributed by atoms with Gasteiger partial charge in [0.1, 0.15) is 5.82 Å². The predicted molar refractivity (Wildman–Crippen MR) is 65.9 cm³/mol. The zero-order valence-corrected chi connectivity index (χ0v) is 10.2. The maximum absolute atomic E-state index is 12.8. The number of pyridine rings is 1. The molecule has 0 saturated carbocycles. The molecule has 0 aliphatic heterocycles. The molecule has 2 rings (SSSR count). The van der Waals surface area contributed by atoms with Gasteiger partial charge in [-0.15, -0.1) is 0 Å². The average Bonchev–Trinajstić information content (AvgIpc) is 2.82. The van der Waals surface area contributed by atoms with Crippen molar-refractivity contribution < 1.29 is 4.39 Å². The number of rotatable bonds is 5. The Labute approximate surface area is 105 Å². The van der Waals surface area contributed by atoms with Gasteiger partial charge in [0, 0.05) is 18.3 Å². The van der Waals surface area contributed by atoms with E-state index >= 15 is 0 Å². The van der Waals surface area contributed by atoms with Crippen molar-refractivity contribution in [3.8, 4) is 0 Å². The Balaban J connectivity index is 2.24. The van der Waals surface area contributed by atoms with E-state index in [-0.39, 0.29) is 11.9 Å². The molecule has 0 aromatic carbocycles. The number of hydrogen-bond acceptors (Lipinski definition) is 4. The molecular formula is C12H16FN5. The Kier molecular flexibility index (Phi) is 4.01. The van der Waals surface area contributed by atoms with Gasteiger partial charge in [-0.25, -0.2) is 9.82 Å². The van der Waals surface area contributed by atoms with Crippen molar-refractivity contribution >= 4 is 0 Å². The van der Waals surface area contributed by atoms with E-state index in [1.165, 1.54) is 12.3 Å². The fraction of sp³-hybridized carbons (Fsp3) is 0.333. The number of halogens is 1. The topological polar surface area (TPSA) is 68.8 Å². The SMILES string of the molecule is CCCn1cc(C(NN)c2ccc(F)cn2)cn1. The maximum Gasteiger partial charge on any atom is 0.141 e.